The molecule has 142 valence electrons. The van der Waals surface area contributed by atoms with Gasteiger partial charge in [0.2, 0.25) is 0 Å². The average molecular weight is 368 g/mol. The van der Waals surface area contributed by atoms with Gasteiger partial charge in [-0.1, -0.05) is 30.3 Å². The maximum atomic E-state index is 13.6. The molecule has 1 fully saturated rings. The summed E-state index contributed by atoms with van der Waals surface area (Å²) in [6.45, 7) is 0.887. The van der Waals surface area contributed by atoms with E-state index in [2.05, 4.69) is 5.32 Å². The lowest BCUT2D eigenvalue weighted by molar-refractivity contribution is 0.282. The number of halogens is 1. The Balaban J connectivity index is 1.27. The van der Waals surface area contributed by atoms with E-state index in [0.717, 1.165) is 56.1 Å². The molecule has 0 atom stereocenters. The zero-order valence-corrected chi connectivity index (χ0v) is 15.4. The molecule has 1 N–H and O–H groups in total. The van der Waals surface area contributed by atoms with Gasteiger partial charge in [0.25, 0.3) is 0 Å². The third-order valence-corrected chi connectivity index (χ3v) is 5.59. The first kappa shape index (κ1) is 18.0. The van der Waals surface area contributed by atoms with Crippen LogP contribution in [0.3, 0.4) is 0 Å². The zero-order valence-electron chi connectivity index (χ0n) is 15.4. The molecule has 1 aliphatic carbocycles. The molecule has 2 aromatic carbocycles. The van der Waals surface area contributed by atoms with Crippen molar-refractivity contribution in [1.82, 2.24) is 9.88 Å². The Labute approximate surface area is 158 Å². The summed E-state index contributed by atoms with van der Waals surface area (Å²) in [7, 11) is 0. The number of fused-ring (bicyclic) bond motifs is 1. The van der Waals surface area contributed by atoms with Crippen molar-refractivity contribution < 1.29 is 8.81 Å². The Morgan fingerprint density at radius 3 is 2.59 bits per heavy atom. The smallest absolute Gasteiger partial charge is 0.408 e. The highest BCUT2D eigenvalue weighted by molar-refractivity contribution is 5.72. The molecule has 0 unspecified atom stereocenters. The van der Waals surface area contributed by atoms with Gasteiger partial charge in [0.1, 0.15) is 5.82 Å². The monoisotopic (exact) mass is 368 g/mol. The number of oxazole rings is 1. The highest BCUT2D eigenvalue weighted by Crippen LogP contribution is 2.30. The standard InChI is InChI=1S/C22H25FN2O2/c23-19-8-2-1-6-16(19)7-5-15-24-17-11-13-18(14-12-17)25-20-9-3-4-10-21(20)27-22(25)26/h1-4,6,8-10,17-18,24H,5,7,11-15H2. The van der Waals surface area contributed by atoms with Crippen LogP contribution in [0.4, 0.5) is 4.39 Å². The van der Waals surface area contributed by atoms with Crippen molar-refractivity contribution in [3.05, 3.63) is 70.5 Å². The Bertz CT molecular complexity index is 954. The van der Waals surface area contributed by atoms with Gasteiger partial charge < -0.3 is 9.73 Å². The van der Waals surface area contributed by atoms with Gasteiger partial charge in [0.05, 0.1) is 5.52 Å². The summed E-state index contributed by atoms with van der Waals surface area (Å²) in [6, 6.07) is 15.3. The minimum absolute atomic E-state index is 0.115. The topological polar surface area (TPSA) is 47.2 Å². The molecule has 4 nitrogen and oxygen atoms in total. The SMILES string of the molecule is O=c1oc2ccccc2n1C1CCC(NCCCc2ccccc2F)CC1. The Morgan fingerprint density at radius 2 is 1.78 bits per heavy atom. The summed E-state index contributed by atoms with van der Waals surface area (Å²) in [5, 5.41) is 3.60. The normalized spacial score (nSPS) is 20.2. The number of para-hydroxylation sites is 2. The highest BCUT2D eigenvalue weighted by atomic mass is 19.1. The van der Waals surface area contributed by atoms with E-state index in [9.17, 15) is 9.18 Å². The van der Waals surface area contributed by atoms with E-state index in [1.807, 2.05) is 41.0 Å². The second kappa shape index (κ2) is 8.09. The van der Waals surface area contributed by atoms with Crippen LogP contribution in [0.1, 0.15) is 43.7 Å². The quantitative estimate of drug-likeness (QED) is 0.655. The molecule has 4 rings (SSSR count). The lowest BCUT2D eigenvalue weighted by Crippen LogP contribution is -2.35. The number of nitrogens with zero attached hydrogens (tertiary/aromatic N) is 1. The first-order chi connectivity index (χ1) is 13.2. The first-order valence-electron chi connectivity index (χ1n) is 9.79. The fourth-order valence-corrected chi connectivity index (χ4v) is 4.15. The molecule has 0 radical (unpaired) electrons. The molecular formula is C22H25FN2O2. The summed E-state index contributed by atoms with van der Waals surface area (Å²) in [5.41, 5.74) is 2.34. The van der Waals surface area contributed by atoms with E-state index in [4.69, 9.17) is 4.42 Å². The van der Waals surface area contributed by atoms with Crippen LogP contribution in [0.5, 0.6) is 0 Å². The van der Waals surface area contributed by atoms with Gasteiger partial charge in [-0.05, 0) is 68.8 Å². The molecule has 1 heterocycles. The van der Waals surface area contributed by atoms with Gasteiger partial charge in [0, 0.05) is 12.1 Å². The van der Waals surface area contributed by atoms with E-state index in [-0.39, 0.29) is 17.6 Å². The van der Waals surface area contributed by atoms with E-state index >= 15 is 0 Å². The van der Waals surface area contributed by atoms with E-state index < -0.39 is 0 Å². The van der Waals surface area contributed by atoms with Crippen molar-refractivity contribution in [2.24, 2.45) is 0 Å². The minimum Gasteiger partial charge on any atom is -0.408 e. The second-order valence-electron chi connectivity index (χ2n) is 7.36. The van der Waals surface area contributed by atoms with Gasteiger partial charge in [0.15, 0.2) is 5.58 Å². The van der Waals surface area contributed by atoms with Crippen LogP contribution < -0.4 is 11.1 Å². The maximum absolute atomic E-state index is 13.6. The second-order valence-corrected chi connectivity index (χ2v) is 7.36. The van der Waals surface area contributed by atoms with Gasteiger partial charge >= 0.3 is 5.76 Å². The third-order valence-electron chi connectivity index (χ3n) is 5.59. The number of hydrogen-bond donors (Lipinski definition) is 1. The lowest BCUT2D eigenvalue weighted by Gasteiger charge is -2.29. The van der Waals surface area contributed by atoms with Crippen LogP contribution in [-0.2, 0) is 6.42 Å². The molecule has 1 aromatic heterocycles. The summed E-state index contributed by atoms with van der Waals surface area (Å²) in [4.78, 5) is 12.2. The Hall–Kier alpha value is -2.40. The van der Waals surface area contributed by atoms with Crippen LogP contribution in [0.15, 0.2) is 57.7 Å². The van der Waals surface area contributed by atoms with Gasteiger partial charge in [-0.3, -0.25) is 4.57 Å². The molecule has 5 heteroatoms. The number of benzene rings is 2. The van der Waals surface area contributed by atoms with Crippen LogP contribution in [0, 0.1) is 5.82 Å². The van der Waals surface area contributed by atoms with E-state index in [0.29, 0.717) is 11.6 Å². The fourth-order valence-electron chi connectivity index (χ4n) is 4.15. The molecule has 1 aliphatic rings. The van der Waals surface area contributed by atoms with Gasteiger partial charge in [-0.2, -0.15) is 0 Å². The maximum Gasteiger partial charge on any atom is 0.420 e. The molecule has 0 spiro atoms. The van der Waals surface area contributed by atoms with Crippen LogP contribution in [0.25, 0.3) is 11.1 Å². The van der Waals surface area contributed by atoms with Crippen molar-refractivity contribution in [1.29, 1.82) is 0 Å². The summed E-state index contributed by atoms with van der Waals surface area (Å²) in [5.74, 6) is -0.367. The molecule has 3 aromatic rings. The zero-order chi connectivity index (χ0) is 18.6. The summed E-state index contributed by atoms with van der Waals surface area (Å²) in [6.07, 6.45) is 5.69. The molecule has 0 amide bonds. The van der Waals surface area contributed by atoms with Crippen molar-refractivity contribution >= 4 is 11.1 Å². The van der Waals surface area contributed by atoms with Crippen molar-refractivity contribution in [3.63, 3.8) is 0 Å². The van der Waals surface area contributed by atoms with Gasteiger partial charge in [-0.15, -0.1) is 0 Å². The van der Waals surface area contributed by atoms with Crippen molar-refractivity contribution in [3.8, 4) is 0 Å². The van der Waals surface area contributed by atoms with Crippen LogP contribution >= 0.6 is 0 Å². The van der Waals surface area contributed by atoms with E-state index in [1.54, 1.807) is 6.07 Å². The average Bonchev–Trinajstić information content (AvgIpc) is 3.03. The predicted octanol–water partition coefficient (Wildman–Crippen LogP) is 4.44. The van der Waals surface area contributed by atoms with E-state index in [1.165, 1.54) is 6.07 Å². The number of aryl methyl sites for hydroxylation is 1. The van der Waals surface area contributed by atoms with Gasteiger partial charge in [-0.25, -0.2) is 9.18 Å². The number of aromatic nitrogens is 1. The lowest BCUT2D eigenvalue weighted by atomic mass is 9.90. The van der Waals surface area contributed by atoms with Crippen LogP contribution in [-0.4, -0.2) is 17.2 Å². The third kappa shape index (κ3) is 3.98. The van der Waals surface area contributed by atoms with Crippen molar-refractivity contribution in [2.75, 3.05) is 6.54 Å². The highest BCUT2D eigenvalue weighted by Gasteiger charge is 2.25. The Kier molecular flexibility index (Phi) is 5.39. The molecular weight excluding hydrogens is 343 g/mol. The molecule has 1 saturated carbocycles. The van der Waals surface area contributed by atoms with Crippen LogP contribution in [0.2, 0.25) is 0 Å². The molecule has 27 heavy (non-hydrogen) atoms. The summed E-state index contributed by atoms with van der Waals surface area (Å²) < 4.78 is 20.8. The number of nitrogens with one attached hydrogen (secondary N) is 1. The predicted molar refractivity (Wildman–Crippen MR) is 104 cm³/mol. The molecule has 0 bridgehead atoms. The fraction of sp³-hybridized carbons (Fsp3) is 0.409. The first-order valence-corrected chi connectivity index (χ1v) is 9.79. The Morgan fingerprint density at radius 1 is 1.04 bits per heavy atom. The minimum atomic E-state index is -0.252. The largest absolute Gasteiger partial charge is 0.420 e. The molecule has 0 aliphatic heterocycles. The summed E-state index contributed by atoms with van der Waals surface area (Å²) >= 11 is 0. The number of hydrogen-bond acceptors (Lipinski definition) is 3. The van der Waals surface area contributed by atoms with Crippen molar-refractivity contribution in [2.45, 2.75) is 50.6 Å². The number of rotatable bonds is 6. The molecule has 0 saturated heterocycles.